The quantitative estimate of drug-likeness (QED) is 0.667. The van der Waals surface area contributed by atoms with Gasteiger partial charge in [-0.2, -0.15) is 0 Å². The highest BCUT2D eigenvalue weighted by Crippen LogP contribution is 2.19. The lowest BCUT2D eigenvalue weighted by Gasteiger charge is -2.03. The minimum Gasteiger partial charge on any atom is -0.448 e. The zero-order valence-electron chi connectivity index (χ0n) is 7.44. The average molecular weight is 204 g/mol. The number of rotatable bonds is 1. The van der Waals surface area contributed by atoms with Crippen LogP contribution in [0.4, 0.5) is 0 Å². The Balaban J connectivity index is 2.71. The second-order valence-electron chi connectivity index (χ2n) is 2.93. The summed E-state index contributed by atoms with van der Waals surface area (Å²) in [5.41, 5.74) is 0.595. The highest BCUT2D eigenvalue weighted by molar-refractivity contribution is 7.10. The van der Waals surface area contributed by atoms with Crippen LogP contribution >= 0.6 is 9.47 Å². The maximum absolute atomic E-state index is 11.4. The predicted octanol–water partition coefficient (Wildman–Crippen LogP) is 2.79. The molecule has 0 amide bonds. The van der Waals surface area contributed by atoms with Gasteiger partial charge >= 0.3 is 5.97 Å². The molecule has 0 saturated carbocycles. The zero-order valence-corrected chi connectivity index (χ0v) is 8.59. The molecule has 0 aliphatic carbocycles. The second-order valence-corrected chi connectivity index (χ2v) is 3.17. The molecule has 0 heterocycles. The Bertz CT molecular complexity index is 474. The van der Waals surface area contributed by atoms with E-state index in [-0.39, 0.29) is 5.97 Å². The van der Waals surface area contributed by atoms with Crippen molar-refractivity contribution >= 4 is 26.2 Å². The summed E-state index contributed by atoms with van der Waals surface area (Å²) in [5, 5.41) is 1.96. The molecule has 0 aliphatic heterocycles. The lowest BCUT2D eigenvalue weighted by Crippen LogP contribution is -1.98. The molecule has 14 heavy (non-hydrogen) atoms. The fourth-order valence-electron chi connectivity index (χ4n) is 1.47. The summed E-state index contributed by atoms with van der Waals surface area (Å²) in [5.74, 6) is -0.327. The van der Waals surface area contributed by atoms with Gasteiger partial charge in [0.1, 0.15) is 0 Å². The topological polar surface area (TPSA) is 26.3 Å². The van der Waals surface area contributed by atoms with E-state index in [4.69, 9.17) is 0 Å². The van der Waals surface area contributed by atoms with Gasteiger partial charge in [0.15, 0.2) is 0 Å². The molecule has 0 aliphatic rings. The van der Waals surface area contributed by atoms with Gasteiger partial charge in [0.05, 0.1) is 15.0 Å². The van der Waals surface area contributed by atoms with Crippen LogP contribution in [0, 0.1) is 0 Å². The van der Waals surface area contributed by atoms with Crippen LogP contribution in [0.15, 0.2) is 42.5 Å². The van der Waals surface area contributed by atoms with Gasteiger partial charge in [-0.3, -0.25) is 0 Å². The molecular formula is C11H9O2P. The molecule has 0 fully saturated rings. The first kappa shape index (κ1) is 9.17. The van der Waals surface area contributed by atoms with Crippen LogP contribution in [0.2, 0.25) is 0 Å². The van der Waals surface area contributed by atoms with Crippen molar-refractivity contribution < 1.29 is 9.32 Å². The van der Waals surface area contributed by atoms with Gasteiger partial charge < -0.3 is 4.52 Å². The standard InChI is InChI=1S/C11H9O2P/c12-11(13-14)10-7-3-5-8-4-1-2-6-9(8)10/h1-7H,14H2. The van der Waals surface area contributed by atoms with Crippen molar-refractivity contribution in [3.63, 3.8) is 0 Å². The van der Waals surface area contributed by atoms with E-state index in [1.165, 1.54) is 0 Å². The molecule has 0 aromatic heterocycles. The molecule has 0 saturated heterocycles. The summed E-state index contributed by atoms with van der Waals surface area (Å²) < 4.78 is 4.62. The minimum absolute atomic E-state index is 0.327. The Morgan fingerprint density at radius 3 is 2.57 bits per heavy atom. The first-order valence-corrected chi connectivity index (χ1v) is 4.69. The van der Waals surface area contributed by atoms with Crippen molar-refractivity contribution in [2.45, 2.75) is 0 Å². The normalized spacial score (nSPS) is 10.1. The van der Waals surface area contributed by atoms with Gasteiger partial charge in [-0.15, -0.1) is 0 Å². The Kier molecular flexibility index (Phi) is 2.47. The van der Waals surface area contributed by atoms with E-state index >= 15 is 0 Å². The third kappa shape index (κ3) is 1.49. The van der Waals surface area contributed by atoms with E-state index < -0.39 is 0 Å². The van der Waals surface area contributed by atoms with E-state index in [1.54, 1.807) is 6.07 Å². The molecule has 0 N–H and O–H groups in total. The Labute approximate surface area is 84.2 Å². The molecule has 0 radical (unpaired) electrons. The van der Waals surface area contributed by atoms with Gasteiger partial charge in [-0.25, -0.2) is 4.79 Å². The lowest BCUT2D eigenvalue weighted by molar-refractivity contribution is 0.0767. The van der Waals surface area contributed by atoms with E-state index in [0.717, 1.165) is 10.8 Å². The number of hydrogen-bond donors (Lipinski definition) is 0. The molecule has 1 unspecified atom stereocenters. The van der Waals surface area contributed by atoms with Crippen molar-refractivity contribution in [3.8, 4) is 0 Å². The van der Waals surface area contributed by atoms with Crippen LogP contribution in [0.5, 0.6) is 0 Å². The largest absolute Gasteiger partial charge is 0.448 e. The van der Waals surface area contributed by atoms with Gasteiger partial charge in [-0.1, -0.05) is 36.4 Å². The first-order valence-electron chi connectivity index (χ1n) is 4.22. The lowest BCUT2D eigenvalue weighted by atomic mass is 10.1. The Hall–Kier alpha value is -1.40. The van der Waals surface area contributed by atoms with E-state index in [1.807, 2.05) is 45.9 Å². The summed E-state index contributed by atoms with van der Waals surface area (Å²) in [6.07, 6.45) is 0. The third-order valence-electron chi connectivity index (χ3n) is 2.12. The van der Waals surface area contributed by atoms with Crippen molar-refractivity contribution in [2.24, 2.45) is 0 Å². The molecule has 0 spiro atoms. The Morgan fingerprint density at radius 1 is 1.07 bits per heavy atom. The SMILES string of the molecule is O=C(OP)c1cccc2ccccc12. The summed E-state index contributed by atoms with van der Waals surface area (Å²) in [4.78, 5) is 11.4. The fraction of sp³-hybridized carbons (Fsp3) is 0. The zero-order chi connectivity index (χ0) is 9.97. The average Bonchev–Trinajstić information content (AvgIpc) is 2.27. The molecule has 2 rings (SSSR count). The van der Waals surface area contributed by atoms with Gasteiger partial charge in [0.2, 0.25) is 0 Å². The molecule has 3 heteroatoms. The number of benzene rings is 2. The highest BCUT2D eigenvalue weighted by Gasteiger charge is 2.08. The van der Waals surface area contributed by atoms with Crippen LogP contribution in [0.1, 0.15) is 10.4 Å². The predicted molar refractivity (Wildman–Crippen MR) is 59.1 cm³/mol. The fourth-order valence-corrected chi connectivity index (χ4v) is 1.59. The van der Waals surface area contributed by atoms with Gasteiger partial charge in [0, 0.05) is 0 Å². The van der Waals surface area contributed by atoms with Crippen LogP contribution in [0.3, 0.4) is 0 Å². The molecule has 2 nitrogen and oxygen atoms in total. The number of fused-ring (bicyclic) bond motifs is 1. The Morgan fingerprint density at radius 2 is 1.79 bits per heavy atom. The molecule has 2 aromatic carbocycles. The summed E-state index contributed by atoms with van der Waals surface area (Å²) in [6, 6.07) is 13.3. The molecule has 2 aromatic rings. The number of carbonyl (C=O) groups excluding carboxylic acids is 1. The molecule has 1 atom stereocenters. The highest BCUT2D eigenvalue weighted by atomic mass is 31.0. The van der Waals surface area contributed by atoms with E-state index in [2.05, 4.69) is 4.52 Å². The van der Waals surface area contributed by atoms with Crippen molar-refractivity contribution in [1.29, 1.82) is 0 Å². The third-order valence-corrected chi connectivity index (χ3v) is 2.33. The summed E-state index contributed by atoms with van der Waals surface area (Å²) >= 11 is 0. The maximum atomic E-state index is 11.4. The molecule has 70 valence electrons. The molecule has 0 bridgehead atoms. The van der Waals surface area contributed by atoms with Crippen molar-refractivity contribution in [3.05, 3.63) is 48.0 Å². The second kappa shape index (κ2) is 3.77. The summed E-state index contributed by atoms with van der Waals surface area (Å²) in [7, 11) is 1.97. The van der Waals surface area contributed by atoms with Crippen LogP contribution in [-0.2, 0) is 4.52 Å². The molecular weight excluding hydrogens is 195 g/mol. The van der Waals surface area contributed by atoms with E-state index in [0.29, 0.717) is 5.56 Å². The monoisotopic (exact) mass is 204 g/mol. The number of carbonyl (C=O) groups is 1. The van der Waals surface area contributed by atoms with Gasteiger partial charge in [-0.05, 0) is 16.8 Å². The van der Waals surface area contributed by atoms with E-state index in [9.17, 15) is 4.79 Å². The summed E-state index contributed by atoms with van der Waals surface area (Å²) in [6.45, 7) is 0. The van der Waals surface area contributed by atoms with Crippen LogP contribution < -0.4 is 0 Å². The first-order chi connectivity index (χ1) is 6.83. The van der Waals surface area contributed by atoms with Crippen LogP contribution in [0.25, 0.3) is 10.8 Å². The number of hydrogen-bond acceptors (Lipinski definition) is 2. The smallest absolute Gasteiger partial charge is 0.340 e. The maximum Gasteiger partial charge on any atom is 0.340 e. The van der Waals surface area contributed by atoms with Gasteiger partial charge in [0.25, 0.3) is 0 Å². The van der Waals surface area contributed by atoms with Crippen molar-refractivity contribution in [1.82, 2.24) is 0 Å². The minimum atomic E-state index is -0.327. The van der Waals surface area contributed by atoms with Crippen LogP contribution in [-0.4, -0.2) is 5.97 Å². The van der Waals surface area contributed by atoms with Crippen molar-refractivity contribution in [2.75, 3.05) is 0 Å².